The van der Waals surface area contributed by atoms with E-state index in [0.717, 1.165) is 60.4 Å². The van der Waals surface area contributed by atoms with E-state index in [2.05, 4.69) is 9.88 Å². The molecular formula is C19H24ClN3O2. The number of aromatic nitrogens is 1. The molecule has 2 saturated heterocycles. The van der Waals surface area contributed by atoms with Gasteiger partial charge in [-0.05, 0) is 38.3 Å². The van der Waals surface area contributed by atoms with Crippen LogP contribution in [0.4, 0.5) is 0 Å². The van der Waals surface area contributed by atoms with E-state index in [0.29, 0.717) is 13.1 Å². The number of benzene rings is 1. The van der Waals surface area contributed by atoms with Gasteiger partial charge in [-0.25, -0.2) is 0 Å². The fourth-order valence-corrected chi connectivity index (χ4v) is 4.82. The van der Waals surface area contributed by atoms with Gasteiger partial charge in [0.1, 0.15) is 5.54 Å². The number of hydrogen-bond donors (Lipinski definition) is 2. The van der Waals surface area contributed by atoms with Gasteiger partial charge in [0.2, 0.25) is 5.91 Å². The van der Waals surface area contributed by atoms with Crippen LogP contribution in [0, 0.1) is 0 Å². The third kappa shape index (κ3) is 2.75. The number of nitrogens with one attached hydrogen (secondary N) is 1. The lowest BCUT2D eigenvalue weighted by atomic mass is 9.85. The number of para-hydroxylation sites is 1. The lowest BCUT2D eigenvalue weighted by Crippen LogP contribution is -2.60. The minimum Gasteiger partial charge on any atom is -0.395 e. The number of β-amino-alcohol motifs (C(OH)–C–C–N with tert-alkyl or cyclic N) is 1. The summed E-state index contributed by atoms with van der Waals surface area (Å²) in [6, 6.07) is 8.03. The largest absolute Gasteiger partial charge is 0.395 e. The summed E-state index contributed by atoms with van der Waals surface area (Å²) in [6.45, 7) is 2.77. The van der Waals surface area contributed by atoms with Crippen LogP contribution in [0.15, 0.2) is 24.3 Å². The first-order valence-corrected chi connectivity index (χ1v) is 9.44. The van der Waals surface area contributed by atoms with Crippen molar-refractivity contribution in [2.24, 2.45) is 0 Å². The number of nitrogens with zero attached hydrogens (tertiary/aromatic N) is 2. The SMILES string of the molecule is O=C1N(CCO)CCCC12CCCN2Cc1[nH]c2ccccc2c1Cl. The molecule has 3 heterocycles. The molecule has 2 N–H and O–H groups in total. The maximum atomic E-state index is 13.1. The first-order valence-electron chi connectivity index (χ1n) is 9.06. The number of rotatable bonds is 4. The standard InChI is InChI=1S/C19H24ClN3O2/c20-17-14-5-1-2-6-15(14)21-16(17)13-23-10-4-8-19(23)7-3-9-22(11-12-24)18(19)25/h1-2,5-6,21,24H,3-4,7-13H2. The van der Waals surface area contributed by atoms with Crippen molar-refractivity contribution in [3.05, 3.63) is 35.0 Å². The summed E-state index contributed by atoms with van der Waals surface area (Å²) in [5.41, 5.74) is 1.59. The number of fused-ring (bicyclic) bond motifs is 1. The van der Waals surface area contributed by atoms with Crippen molar-refractivity contribution >= 4 is 28.4 Å². The fourth-order valence-electron chi connectivity index (χ4n) is 4.55. The molecule has 0 radical (unpaired) electrons. The number of H-pyrrole nitrogens is 1. The molecule has 25 heavy (non-hydrogen) atoms. The van der Waals surface area contributed by atoms with Crippen molar-refractivity contribution < 1.29 is 9.90 Å². The van der Waals surface area contributed by atoms with E-state index < -0.39 is 5.54 Å². The number of aliphatic hydroxyl groups is 1. The third-order valence-corrected chi connectivity index (χ3v) is 6.19. The first-order chi connectivity index (χ1) is 12.2. The van der Waals surface area contributed by atoms with E-state index in [-0.39, 0.29) is 12.5 Å². The van der Waals surface area contributed by atoms with Crippen LogP contribution in [0.3, 0.4) is 0 Å². The number of aliphatic hydroxyl groups excluding tert-OH is 1. The van der Waals surface area contributed by atoms with Gasteiger partial charge in [-0.1, -0.05) is 29.8 Å². The maximum Gasteiger partial charge on any atom is 0.243 e. The van der Waals surface area contributed by atoms with Crippen molar-refractivity contribution in [3.63, 3.8) is 0 Å². The Kier molecular flexibility index (Phi) is 4.48. The summed E-state index contributed by atoms with van der Waals surface area (Å²) in [6.07, 6.45) is 3.80. The van der Waals surface area contributed by atoms with Gasteiger partial charge in [0, 0.05) is 36.2 Å². The highest BCUT2D eigenvalue weighted by Crippen LogP contribution is 2.40. The summed E-state index contributed by atoms with van der Waals surface area (Å²) >= 11 is 6.59. The van der Waals surface area contributed by atoms with Crippen molar-refractivity contribution in [1.82, 2.24) is 14.8 Å². The lowest BCUT2D eigenvalue weighted by molar-refractivity contribution is -0.148. The summed E-state index contributed by atoms with van der Waals surface area (Å²) in [7, 11) is 0. The minimum absolute atomic E-state index is 0.0235. The second kappa shape index (κ2) is 6.63. The number of halogens is 1. The van der Waals surface area contributed by atoms with E-state index in [1.54, 1.807) is 0 Å². The van der Waals surface area contributed by atoms with Crippen molar-refractivity contribution in [1.29, 1.82) is 0 Å². The molecule has 1 unspecified atom stereocenters. The van der Waals surface area contributed by atoms with Crippen LogP contribution in [-0.2, 0) is 11.3 Å². The molecule has 2 fully saturated rings. The molecule has 1 aromatic heterocycles. The summed E-state index contributed by atoms with van der Waals surface area (Å²) in [5, 5.41) is 11.0. The molecule has 1 atom stereocenters. The Balaban J connectivity index is 1.62. The Morgan fingerprint density at radius 2 is 1.96 bits per heavy atom. The highest BCUT2D eigenvalue weighted by Gasteiger charge is 2.50. The van der Waals surface area contributed by atoms with Gasteiger partial charge in [-0.3, -0.25) is 9.69 Å². The number of piperidine rings is 1. The Morgan fingerprint density at radius 3 is 2.72 bits per heavy atom. The summed E-state index contributed by atoms with van der Waals surface area (Å²) < 4.78 is 0. The fraction of sp³-hybridized carbons (Fsp3) is 0.526. The van der Waals surface area contributed by atoms with Gasteiger partial charge in [0.25, 0.3) is 0 Å². The summed E-state index contributed by atoms with van der Waals surface area (Å²) in [5.74, 6) is 0.178. The van der Waals surface area contributed by atoms with Gasteiger partial charge < -0.3 is 15.0 Å². The second-order valence-corrected chi connectivity index (χ2v) is 7.52. The first kappa shape index (κ1) is 16.9. The van der Waals surface area contributed by atoms with Crippen molar-refractivity contribution in [2.75, 3.05) is 26.2 Å². The average molecular weight is 362 g/mol. The second-order valence-electron chi connectivity index (χ2n) is 7.14. The molecule has 2 aliphatic heterocycles. The van der Waals surface area contributed by atoms with Gasteiger partial charge >= 0.3 is 0 Å². The molecule has 5 nitrogen and oxygen atoms in total. The van der Waals surface area contributed by atoms with Crippen LogP contribution < -0.4 is 0 Å². The molecule has 0 aliphatic carbocycles. The smallest absolute Gasteiger partial charge is 0.243 e. The van der Waals surface area contributed by atoms with Crippen LogP contribution in [0.2, 0.25) is 5.02 Å². The molecule has 4 rings (SSSR count). The van der Waals surface area contributed by atoms with Crippen LogP contribution in [0.5, 0.6) is 0 Å². The topological polar surface area (TPSA) is 59.6 Å². The van der Waals surface area contributed by atoms with E-state index in [4.69, 9.17) is 11.6 Å². The van der Waals surface area contributed by atoms with Crippen LogP contribution in [0.1, 0.15) is 31.4 Å². The number of hydrogen-bond acceptors (Lipinski definition) is 3. The zero-order valence-corrected chi connectivity index (χ0v) is 15.1. The predicted octanol–water partition coefficient (Wildman–Crippen LogP) is 2.77. The van der Waals surface area contributed by atoms with Gasteiger partial charge in [0.05, 0.1) is 11.6 Å². The van der Waals surface area contributed by atoms with Crippen molar-refractivity contribution in [2.45, 2.75) is 37.8 Å². The van der Waals surface area contributed by atoms with Crippen LogP contribution in [-0.4, -0.2) is 57.6 Å². The van der Waals surface area contributed by atoms with E-state index in [9.17, 15) is 9.90 Å². The number of likely N-dealkylation sites (tertiary alicyclic amines) is 2. The molecule has 1 amide bonds. The quantitative estimate of drug-likeness (QED) is 0.880. The predicted molar refractivity (Wildman–Crippen MR) is 98.6 cm³/mol. The Morgan fingerprint density at radius 1 is 1.20 bits per heavy atom. The maximum absolute atomic E-state index is 13.1. The highest BCUT2D eigenvalue weighted by atomic mass is 35.5. The molecule has 1 aromatic carbocycles. The molecule has 2 aromatic rings. The van der Waals surface area contributed by atoms with Gasteiger partial charge in [-0.15, -0.1) is 0 Å². The van der Waals surface area contributed by atoms with Crippen molar-refractivity contribution in [3.8, 4) is 0 Å². The molecule has 2 aliphatic rings. The molecular weight excluding hydrogens is 338 g/mol. The zero-order chi connectivity index (χ0) is 17.4. The Labute approximate surface area is 152 Å². The molecule has 6 heteroatoms. The Bertz CT molecular complexity index is 788. The third-order valence-electron chi connectivity index (χ3n) is 5.76. The number of aromatic amines is 1. The average Bonchev–Trinajstić information content (AvgIpc) is 3.16. The highest BCUT2D eigenvalue weighted by molar-refractivity contribution is 6.36. The van der Waals surface area contributed by atoms with Crippen LogP contribution >= 0.6 is 11.6 Å². The van der Waals surface area contributed by atoms with E-state index in [1.807, 2.05) is 29.2 Å². The zero-order valence-electron chi connectivity index (χ0n) is 14.3. The monoisotopic (exact) mass is 361 g/mol. The number of carbonyl (C=O) groups is 1. The lowest BCUT2D eigenvalue weighted by Gasteiger charge is -2.44. The van der Waals surface area contributed by atoms with Gasteiger partial charge in [-0.2, -0.15) is 0 Å². The Hall–Kier alpha value is -1.56. The number of amides is 1. The molecule has 0 bridgehead atoms. The molecule has 1 spiro atoms. The van der Waals surface area contributed by atoms with E-state index >= 15 is 0 Å². The van der Waals surface area contributed by atoms with Gasteiger partial charge in [0.15, 0.2) is 0 Å². The summed E-state index contributed by atoms with van der Waals surface area (Å²) in [4.78, 5) is 20.7. The normalized spacial score (nSPS) is 24.7. The van der Waals surface area contributed by atoms with E-state index in [1.165, 1.54) is 0 Å². The number of carbonyl (C=O) groups excluding carboxylic acids is 1. The minimum atomic E-state index is -0.423. The molecule has 134 valence electrons. The van der Waals surface area contributed by atoms with Crippen LogP contribution in [0.25, 0.3) is 10.9 Å². The molecule has 0 saturated carbocycles.